The molecule has 1 aromatic carbocycles. The highest BCUT2D eigenvalue weighted by Gasteiger charge is 2.19. The third kappa shape index (κ3) is 3.97. The average molecular weight is 362 g/mol. The van der Waals surface area contributed by atoms with Crippen molar-refractivity contribution in [2.45, 2.75) is 19.4 Å². The molecule has 3 heterocycles. The molecule has 27 heavy (non-hydrogen) atoms. The van der Waals surface area contributed by atoms with Gasteiger partial charge in [-0.05, 0) is 31.0 Å². The topological polar surface area (TPSA) is 75.9 Å². The predicted molar refractivity (Wildman–Crippen MR) is 103 cm³/mol. The van der Waals surface area contributed by atoms with E-state index < -0.39 is 0 Å². The summed E-state index contributed by atoms with van der Waals surface area (Å²) in [6.45, 7) is 3.16. The van der Waals surface area contributed by atoms with Crippen molar-refractivity contribution in [2.75, 3.05) is 24.5 Å². The smallest absolute Gasteiger partial charge is 0.251 e. The van der Waals surface area contributed by atoms with Crippen molar-refractivity contribution in [3.05, 3.63) is 60.7 Å². The normalized spacial score (nSPS) is 13.7. The van der Waals surface area contributed by atoms with Gasteiger partial charge in [-0.25, -0.2) is 4.98 Å². The van der Waals surface area contributed by atoms with Crippen molar-refractivity contribution < 1.29 is 4.79 Å². The summed E-state index contributed by atoms with van der Waals surface area (Å²) in [6.07, 6.45) is 9.38. The first-order valence-corrected chi connectivity index (χ1v) is 9.23. The van der Waals surface area contributed by atoms with Gasteiger partial charge in [-0.1, -0.05) is 12.1 Å². The molecule has 7 nitrogen and oxygen atoms in total. The van der Waals surface area contributed by atoms with E-state index in [0.717, 1.165) is 30.2 Å². The molecule has 1 aliphatic heterocycles. The van der Waals surface area contributed by atoms with Crippen molar-refractivity contribution in [3.8, 4) is 11.3 Å². The summed E-state index contributed by atoms with van der Waals surface area (Å²) >= 11 is 0. The zero-order chi connectivity index (χ0) is 18.5. The molecule has 0 unspecified atom stereocenters. The number of rotatable bonds is 6. The zero-order valence-corrected chi connectivity index (χ0v) is 15.1. The van der Waals surface area contributed by atoms with E-state index in [9.17, 15) is 4.79 Å². The van der Waals surface area contributed by atoms with Gasteiger partial charge >= 0.3 is 0 Å². The van der Waals surface area contributed by atoms with Crippen LogP contribution in [0.15, 0.2) is 55.1 Å². The molecule has 0 atom stereocenters. The molecule has 0 saturated carbocycles. The van der Waals surface area contributed by atoms with Gasteiger partial charge in [-0.3, -0.25) is 14.5 Å². The molecule has 2 aromatic heterocycles. The second kappa shape index (κ2) is 7.99. The van der Waals surface area contributed by atoms with Crippen LogP contribution in [0.2, 0.25) is 0 Å². The molecular weight excluding hydrogens is 340 g/mol. The van der Waals surface area contributed by atoms with Crippen molar-refractivity contribution in [2.24, 2.45) is 0 Å². The minimum absolute atomic E-state index is 0.101. The zero-order valence-electron chi connectivity index (χ0n) is 15.1. The van der Waals surface area contributed by atoms with E-state index in [2.05, 4.69) is 25.3 Å². The summed E-state index contributed by atoms with van der Waals surface area (Å²) in [4.78, 5) is 23.9. The molecule has 3 aromatic rings. The molecule has 1 amide bonds. The molecular formula is C20H22N6O. The lowest BCUT2D eigenvalue weighted by Gasteiger charge is -2.19. The summed E-state index contributed by atoms with van der Waals surface area (Å²) < 4.78 is 1.79. The van der Waals surface area contributed by atoms with Gasteiger partial charge in [0.25, 0.3) is 5.91 Å². The highest BCUT2D eigenvalue weighted by molar-refractivity contribution is 5.95. The van der Waals surface area contributed by atoms with E-state index in [1.807, 2.05) is 36.5 Å². The van der Waals surface area contributed by atoms with Crippen LogP contribution in [0.4, 0.5) is 5.82 Å². The summed E-state index contributed by atoms with van der Waals surface area (Å²) in [7, 11) is 0. The van der Waals surface area contributed by atoms with E-state index in [-0.39, 0.29) is 5.91 Å². The number of benzene rings is 1. The largest absolute Gasteiger partial charge is 0.355 e. The van der Waals surface area contributed by atoms with E-state index in [1.54, 1.807) is 23.3 Å². The Morgan fingerprint density at radius 2 is 1.93 bits per heavy atom. The number of anilines is 1. The maximum atomic E-state index is 12.5. The standard InChI is InChI=1S/C20H22N6O/c27-20(23-10-14-26-13-4-7-24-26)17-6-3-5-16(15-17)18-19(22-9-8-21-18)25-11-1-2-12-25/h3-9,13,15H,1-2,10-12,14H2,(H,23,27). The fourth-order valence-corrected chi connectivity index (χ4v) is 3.32. The molecule has 1 fully saturated rings. The number of hydrogen-bond acceptors (Lipinski definition) is 5. The van der Waals surface area contributed by atoms with Gasteiger partial charge in [0.2, 0.25) is 0 Å². The van der Waals surface area contributed by atoms with Crippen LogP contribution in [0.3, 0.4) is 0 Å². The van der Waals surface area contributed by atoms with E-state index in [4.69, 9.17) is 0 Å². The van der Waals surface area contributed by atoms with Crippen LogP contribution in [0.1, 0.15) is 23.2 Å². The minimum Gasteiger partial charge on any atom is -0.355 e. The Balaban J connectivity index is 1.50. The molecule has 0 radical (unpaired) electrons. The number of amides is 1. The Labute approximate surface area is 158 Å². The van der Waals surface area contributed by atoms with Crippen LogP contribution in [0.5, 0.6) is 0 Å². The molecule has 0 spiro atoms. The second-order valence-electron chi connectivity index (χ2n) is 6.53. The maximum absolute atomic E-state index is 12.5. The summed E-state index contributed by atoms with van der Waals surface area (Å²) in [5.74, 6) is 0.793. The lowest BCUT2D eigenvalue weighted by Crippen LogP contribution is -2.27. The average Bonchev–Trinajstić information content (AvgIpc) is 3.42. The molecule has 138 valence electrons. The number of nitrogens with zero attached hydrogens (tertiary/aromatic N) is 5. The van der Waals surface area contributed by atoms with Crippen molar-refractivity contribution in [1.82, 2.24) is 25.1 Å². The van der Waals surface area contributed by atoms with Gasteiger partial charge in [0.15, 0.2) is 5.82 Å². The molecule has 7 heteroatoms. The third-order valence-electron chi connectivity index (χ3n) is 4.67. The van der Waals surface area contributed by atoms with Gasteiger partial charge < -0.3 is 10.2 Å². The fraction of sp³-hybridized carbons (Fsp3) is 0.300. The lowest BCUT2D eigenvalue weighted by atomic mass is 10.1. The highest BCUT2D eigenvalue weighted by atomic mass is 16.1. The van der Waals surface area contributed by atoms with Gasteiger partial charge in [0.1, 0.15) is 5.69 Å². The third-order valence-corrected chi connectivity index (χ3v) is 4.67. The van der Waals surface area contributed by atoms with Crippen LogP contribution < -0.4 is 10.2 Å². The van der Waals surface area contributed by atoms with E-state index in [1.165, 1.54) is 12.8 Å². The first-order valence-electron chi connectivity index (χ1n) is 9.23. The van der Waals surface area contributed by atoms with Gasteiger partial charge in [0, 0.05) is 55.5 Å². The molecule has 1 aliphatic rings. The molecule has 0 aliphatic carbocycles. The van der Waals surface area contributed by atoms with Crippen LogP contribution in [0, 0.1) is 0 Å². The summed E-state index contributed by atoms with van der Waals surface area (Å²) in [5.41, 5.74) is 2.35. The number of nitrogens with one attached hydrogen (secondary N) is 1. The summed E-state index contributed by atoms with van der Waals surface area (Å²) in [5, 5.41) is 7.07. The van der Waals surface area contributed by atoms with Crippen LogP contribution >= 0.6 is 0 Å². The van der Waals surface area contributed by atoms with Crippen molar-refractivity contribution in [1.29, 1.82) is 0 Å². The summed E-state index contributed by atoms with van der Waals surface area (Å²) in [6, 6.07) is 9.43. The van der Waals surface area contributed by atoms with Crippen LogP contribution in [-0.4, -0.2) is 45.3 Å². The van der Waals surface area contributed by atoms with E-state index >= 15 is 0 Å². The number of hydrogen-bond donors (Lipinski definition) is 1. The molecule has 1 saturated heterocycles. The quantitative estimate of drug-likeness (QED) is 0.729. The Kier molecular flexibility index (Phi) is 5.09. The number of aromatic nitrogens is 4. The van der Waals surface area contributed by atoms with Crippen LogP contribution in [0.25, 0.3) is 11.3 Å². The van der Waals surface area contributed by atoms with Crippen LogP contribution in [-0.2, 0) is 6.54 Å². The van der Waals surface area contributed by atoms with Crippen molar-refractivity contribution in [3.63, 3.8) is 0 Å². The van der Waals surface area contributed by atoms with Gasteiger partial charge in [-0.15, -0.1) is 0 Å². The first kappa shape index (κ1) is 17.2. The SMILES string of the molecule is O=C(NCCn1cccn1)c1cccc(-c2nccnc2N2CCCC2)c1. The Hall–Kier alpha value is -3.22. The maximum Gasteiger partial charge on any atom is 0.251 e. The molecule has 0 bridgehead atoms. The monoisotopic (exact) mass is 362 g/mol. The number of carbonyl (C=O) groups excluding carboxylic acids is 1. The molecule has 1 N–H and O–H groups in total. The lowest BCUT2D eigenvalue weighted by molar-refractivity contribution is 0.0952. The van der Waals surface area contributed by atoms with E-state index in [0.29, 0.717) is 18.7 Å². The Morgan fingerprint density at radius 1 is 1.07 bits per heavy atom. The molecule has 4 rings (SSSR count). The number of carbonyl (C=O) groups is 1. The predicted octanol–water partition coefficient (Wildman–Crippen LogP) is 2.37. The fourth-order valence-electron chi connectivity index (χ4n) is 3.32. The van der Waals surface area contributed by atoms with Gasteiger partial charge in [-0.2, -0.15) is 5.10 Å². The van der Waals surface area contributed by atoms with Crippen molar-refractivity contribution >= 4 is 11.7 Å². The minimum atomic E-state index is -0.101. The second-order valence-corrected chi connectivity index (χ2v) is 6.53. The Morgan fingerprint density at radius 3 is 2.74 bits per heavy atom. The first-order chi connectivity index (χ1) is 13.3. The van der Waals surface area contributed by atoms with Gasteiger partial charge in [0.05, 0.1) is 6.54 Å². The Bertz CT molecular complexity index is 902. The highest BCUT2D eigenvalue weighted by Crippen LogP contribution is 2.29.